The third kappa shape index (κ3) is 5.52. The van der Waals surface area contributed by atoms with Crippen LogP contribution in [0.1, 0.15) is 39.0 Å². The van der Waals surface area contributed by atoms with Crippen LogP contribution in [0.15, 0.2) is 4.99 Å². The van der Waals surface area contributed by atoms with Gasteiger partial charge < -0.3 is 10.6 Å². The average Bonchev–Trinajstić information content (AvgIpc) is 2.44. The van der Waals surface area contributed by atoms with Gasteiger partial charge in [0.05, 0.1) is 12.8 Å². The van der Waals surface area contributed by atoms with Crippen molar-refractivity contribution < 1.29 is 8.42 Å². The van der Waals surface area contributed by atoms with Crippen LogP contribution in [0.4, 0.5) is 0 Å². The molecule has 2 fully saturated rings. The van der Waals surface area contributed by atoms with Gasteiger partial charge in [-0.2, -0.15) is 4.31 Å². The lowest BCUT2D eigenvalue weighted by Gasteiger charge is -2.34. The van der Waals surface area contributed by atoms with Crippen LogP contribution in [0.3, 0.4) is 0 Å². The number of hydrogen-bond donors (Lipinski definition) is 1. The van der Waals surface area contributed by atoms with E-state index in [0.29, 0.717) is 25.0 Å². The van der Waals surface area contributed by atoms with Crippen molar-refractivity contribution in [2.24, 2.45) is 16.6 Å². The van der Waals surface area contributed by atoms with E-state index in [-0.39, 0.29) is 30.0 Å². The fourth-order valence-corrected chi connectivity index (χ4v) is 4.46. The Morgan fingerprint density at radius 2 is 1.95 bits per heavy atom. The second-order valence-electron chi connectivity index (χ2n) is 6.42. The number of rotatable bonds is 3. The van der Waals surface area contributed by atoms with Crippen LogP contribution in [-0.2, 0) is 10.0 Å². The molecule has 2 N–H and O–H groups in total. The predicted molar refractivity (Wildman–Crippen MR) is 101 cm³/mol. The number of nitrogens with two attached hydrogens (primary N) is 1. The summed E-state index contributed by atoms with van der Waals surface area (Å²) in [5.41, 5.74) is 6.09. The molecular formula is C14H29IN4O2S. The molecule has 0 spiro atoms. The third-order valence-electron chi connectivity index (χ3n) is 4.44. The van der Waals surface area contributed by atoms with Crippen LogP contribution >= 0.6 is 24.0 Å². The van der Waals surface area contributed by atoms with Gasteiger partial charge in [0.15, 0.2) is 5.96 Å². The van der Waals surface area contributed by atoms with Crippen molar-refractivity contribution in [3.63, 3.8) is 0 Å². The van der Waals surface area contributed by atoms with E-state index in [1.807, 2.05) is 0 Å². The molecule has 8 heteroatoms. The Labute approximate surface area is 151 Å². The minimum atomic E-state index is -3.15. The van der Waals surface area contributed by atoms with Crippen molar-refractivity contribution in [2.75, 3.05) is 32.4 Å². The van der Waals surface area contributed by atoms with Crippen LogP contribution in [0, 0.1) is 5.92 Å². The number of likely N-dealkylation sites (tertiary alicyclic amines) is 1. The first-order valence-corrected chi connectivity index (χ1v) is 9.74. The zero-order valence-electron chi connectivity index (χ0n) is 13.6. The lowest BCUT2D eigenvalue weighted by Crippen LogP contribution is -2.47. The van der Waals surface area contributed by atoms with Gasteiger partial charge in [-0.15, -0.1) is 24.0 Å². The molecule has 0 aliphatic carbocycles. The molecule has 0 aromatic heterocycles. The van der Waals surface area contributed by atoms with Gasteiger partial charge in [-0.25, -0.2) is 8.42 Å². The minimum Gasteiger partial charge on any atom is -0.370 e. The quantitative estimate of drug-likeness (QED) is 0.406. The number of guanidine groups is 1. The fraction of sp³-hybridized carbons (Fsp3) is 0.929. The van der Waals surface area contributed by atoms with Crippen LogP contribution < -0.4 is 5.73 Å². The summed E-state index contributed by atoms with van der Waals surface area (Å²) < 4.78 is 25.2. The molecule has 0 aromatic carbocycles. The highest BCUT2D eigenvalue weighted by molar-refractivity contribution is 14.0. The summed E-state index contributed by atoms with van der Waals surface area (Å²) in [4.78, 5) is 6.61. The SMILES string of the molecule is CC1CCCN(C(N)=NCC2CCCCN2S(C)(=O)=O)C1.I. The molecule has 130 valence electrons. The molecule has 0 radical (unpaired) electrons. The van der Waals surface area contributed by atoms with Gasteiger partial charge in [0.2, 0.25) is 10.0 Å². The summed E-state index contributed by atoms with van der Waals surface area (Å²) in [5.74, 6) is 1.22. The number of nitrogens with zero attached hydrogens (tertiary/aromatic N) is 3. The molecule has 6 nitrogen and oxygen atoms in total. The topological polar surface area (TPSA) is 79.0 Å². The van der Waals surface area contributed by atoms with E-state index < -0.39 is 10.0 Å². The molecule has 0 aromatic rings. The predicted octanol–water partition coefficient (Wildman–Crippen LogP) is 1.47. The summed E-state index contributed by atoms with van der Waals surface area (Å²) in [6, 6.07) is -0.0329. The Kier molecular flexibility index (Phi) is 7.87. The minimum absolute atomic E-state index is 0. The van der Waals surface area contributed by atoms with Crippen molar-refractivity contribution >= 4 is 40.0 Å². The van der Waals surface area contributed by atoms with Crippen LogP contribution in [0.5, 0.6) is 0 Å². The van der Waals surface area contributed by atoms with Gasteiger partial charge in [0, 0.05) is 25.7 Å². The average molecular weight is 444 g/mol. The fourth-order valence-electron chi connectivity index (χ4n) is 3.29. The Morgan fingerprint density at radius 3 is 2.59 bits per heavy atom. The molecule has 0 bridgehead atoms. The van der Waals surface area contributed by atoms with Crippen molar-refractivity contribution in [2.45, 2.75) is 45.1 Å². The lowest BCUT2D eigenvalue weighted by atomic mass is 10.0. The van der Waals surface area contributed by atoms with E-state index >= 15 is 0 Å². The molecule has 2 heterocycles. The lowest BCUT2D eigenvalue weighted by molar-refractivity contribution is 0.254. The van der Waals surface area contributed by atoms with Crippen molar-refractivity contribution in [1.82, 2.24) is 9.21 Å². The highest BCUT2D eigenvalue weighted by atomic mass is 127. The number of hydrogen-bond acceptors (Lipinski definition) is 3. The number of halogens is 1. The molecule has 2 rings (SSSR count). The summed E-state index contributed by atoms with van der Waals surface area (Å²) in [7, 11) is -3.15. The zero-order chi connectivity index (χ0) is 15.5. The monoisotopic (exact) mass is 444 g/mol. The number of sulfonamides is 1. The number of aliphatic imine (C=N–C) groups is 1. The van der Waals surface area contributed by atoms with Crippen molar-refractivity contribution in [3.8, 4) is 0 Å². The standard InChI is InChI=1S/C14H28N4O2S.HI/c1-12-6-5-8-17(11-12)14(15)16-10-13-7-3-4-9-18(13)21(2,19)20;/h12-13H,3-11H2,1-2H3,(H2,15,16);1H. The van der Waals surface area contributed by atoms with Gasteiger partial charge in [0.25, 0.3) is 0 Å². The summed E-state index contributed by atoms with van der Waals surface area (Å²) in [6.07, 6.45) is 6.55. The van der Waals surface area contributed by atoms with Crippen LogP contribution in [-0.4, -0.2) is 62.1 Å². The Hall–Kier alpha value is -0.0900. The summed E-state index contributed by atoms with van der Waals surface area (Å²) >= 11 is 0. The second-order valence-corrected chi connectivity index (χ2v) is 8.35. The second kappa shape index (κ2) is 8.68. The molecule has 0 saturated carbocycles. The van der Waals surface area contributed by atoms with E-state index in [1.165, 1.54) is 12.7 Å². The van der Waals surface area contributed by atoms with Gasteiger partial charge in [-0.3, -0.25) is 4.99 Å². The molecular weight excluding hydrogens is 415 g/mol. The first kappa shape index (κ1) is 20.0. The highest BCUT2D eigenvalue weighted by Crippen LogP contribution is 2.20. The zero-order valence-corrected chi connectivity index (χ0v) is 16.7. The summed E-state index contributed by atoms with van der Waals surface area (Å²) in [5, 5.41) is 0. The molecule has 2 aliphatic heterocycles. The van der Waals surface area contributed by atoms with E-state index in [4.69, 9.17) is 5.73 Å². The van der Waals surface area contributed by atoms with E-state index in [2.05, 4.69) is 16.8 Å². The molecule has 2 saturated heterocycles. The van der Waals surface area contributed by atoms with Gasteiger partial charge in [0.1, 0.15) is 0 Å². The van der Waals surface area contributed by atoms with Gasteiger partial charge in [-0.1, -0.05) is 13.3 Å². The van der Waals surface area contributed by atoms with Crippen molar-refractivity contribution in [3.05, 3.63) is 0 Å². The maximum atomic E-state index is 11.8. The maximum Gasteiger partial charge on any atom is 0.211 e. The van der Waals surface area contributed by atoms with E-state index in [0.717, 1.165) is 38.8 Å². The third-order valence-corrected chi connectivity index (χ3v) is 5.78. The molecule has 2 aliphatic rings. The molecule has 2 atom stereocenters. The van der Waals surface area contributed by atoms with Crippen LogP contribution in [0.25, 0.3) is 0 Å². The molecule has 22 heavy (non-hydrogen) atoms. The normalized spacial score (nSPS) is 28.3. The molecule has 2 unspecified atom stereocenters. The summed E-state index contributed by atoms with van der Waals surface area (Å²) in [6.45, 7) is 5.23. The largest absolute Gasteiger partial charge is 0.370 e. The molecule has 0 amide bonds. The van der Waals surface area contributed by atoms with Gasteiger partial charge >= 0.3 is 0 Å². The first-order valence-electron chi connectivity index (χ1n) is 7.89. The van der Waals surface area contributed by atoms with E-state index in [9.17, 15) is 8.42 Å². The van der Waals surface area contributed by atoms with Crippen molar-refractivity contribution in [1.29, 1.82) is 0 Å². The van der Waals surface area contributed by atoms with E-state index in [1.54, 1.807) is 4.31 Å². The Bertz CT molecular complexity index is 483. The highest BCUT2D eigenvalue weighted by Gasteiger charge is 2.29. The smallest absolute Gasteiger partial charge is 0.211 e. The first-order chi connectivity index (χ1) is 9.88. The van der Waals surface area contributed by atoms with Gasteiger partial charge in [-0.05, 0) is 31.6 Å². The maximum absolute atomic E-state index is 11.8. The Morgan fingerprint density at radius 1 is 1.23 bits per heavy atom. The number of piperidine rings is 2. The van der Waals surface area contributed by atoms with Crippen LogP contribution in [0.2, 0.25) is 0 Å². The Balaban J connectivity index is 0.00000242.